The summed E-state index contributed by atoms with van der Waals surface area (Å²) in [6, 6.07) is 16.5. The second-order valence-electron chi connectivity index (χ2n) is 17.1. The number of likely N-dealkylation sites (tertiary alicyclic amines) is 2. The van der Waals surface area contributed by atoms with Gasteiger partial charge in [-0.1, -0.05) is 31.0 Å². The number of piperazine rings is 1. The minimum absolute atomic E-state index is 0.0876. The van der Waals surface area contributed by atoms with Crippen LogP contribution in [-0.4, -0.2) is 132 Å². The van der Waals surface area contributed by atoms with Gasteiger partial charge in [-0.15, -0.1) is 0 Å². The Morgan fingerprint density at radius 3 is 2.25 bits per heavy atom. The Kier molecular flexibility index (Phi) is 13.3. The maximum atomic E-state index is 13.4. The molecule has 14 nitrogen and oxygen atoms in total. The minimum atomic E-state index is -0.969. The average Bonchev–Trinajstić information content (AvgIpc) is 3.54. The number of carbonyl (C=O) groups excluding carboxylic acids is 6. The molecule has 0 spiro atoms. The number of nitrogens with one attached hydrogen (secondary N) is 2. The molecule has 8 rings (SSSR count). The fraction of sp³-hybridized carbons (Fsp3) is 0.468. The number of pyridine rings is 1. The predicted molar refractivity (Wildman–Crippen MR) is 231 cm³/mol. The number of benzene rings is 2. The molecule has 2 N–H and O–H groups in total. The first kappa shape index (κ1) is 42.0. The van der Waals surface area contributed by atoms with Crippen molar-refractivity contribution in [2.45, 2.75) is 69.7 Å². The van der Waals surface area contributed by atoms with E-state index >= 15 is 0 Å². The van der Waals surface area contributed by atoms with Gasteiger partial charge >= 0.3 is 0 Å². The largest absolute Gasteiger partial charge is 0.369 e. The van der Waals surface area contributed by atoms with Crippen LogP contribution < -0.4 is 15.5 Å². The van der Waals surface area contributed by atoms with Crippen LogP contribution in [0.15, 0.2) is 73.1 Å². The summed E-state index contributed by atoms with van der Waals surface area (Å²) in [4.78, 5) is 90.3. The van der Waals surface area contributed by atoms with Gasteiger partial charge in [0.2, 0.25) is 17.7 Å². The number of unbranched alkanes of at least 4 members (excludes halogenated alkanes) is 1. The SMILES string of the molecule is O=C(/C=C/c1cccnc1)NCCCCC1CCN(C(=O)c2ccc(C3CCN(CN4CCN(c5ccc6c(c5)C(=O)N(C5CCC(=O)NC5=O)C6=O)CC4)CC3)cc2)CC1. The Labute approximate surface area is 357 Å². The van der Waals surface area contributed by atoms with Gasteiger partial charge in [0.05, 0.1) is 17.8 Å². The smallest absolute Gasteiger partial charge is 0.262 e. The summed E-state index contributed by atoms with van der Waals surface area (Å²) in [6.07, 6.45) is 14.3. The first-order chi connectivity index (χ1) is 29.7. The third-order valence-electron chi connectivity index (χ3n) is 13.1. The number of nitrogens with zero attached hydrogens (tertiary/aromatic N) is 6. The van der Waals surface area contributed by atoms with E-state index in [2.05, 4.69) is 42.5 Å². The number of imide groups is 2. The number of carbonyl (C=O) groups is 6. The molecule has 4 fully saturated rings. The van der Waals surface area contributed by atoms with Gasteiger partial charge in [0, 0.05) is 82.0 Å². The van der Waals surface area contributed by atoms with E-state index in [0.29, 0.717) is 29.5 Å². The second kappa shape index (κ2) is 19.3. The number of hydrogen-bond donors (Lipinski definition) is 2. The number of aromatic nitrogens is 1. The molecular weight excluding hydrogens is 773 g/mol. The lowest BCUT2D eigenvalue weighted by atomic mass is 9.88. The Bertz CT molecular complexity index is 2120. The van der Waals surface area contributed by atoms with Crippen LogP contribution in [-0.2, 0) is 14.4 Å². The first-order valence-electron chi connectivity index (χ1n) is 22.0. The van der Waals surface area contributed by atoms with E-state index in [4.69, 9.17) is 0 Å². The summed E-state index contributed by atoms with van der Waals surface area (Å²) in [5.41, 5.74) is 4.46. The summed E-state index contributed by atoms with van der Waals surface area (Å²) < 4.78 is 0. The van der Waals surface area contributed by atoms with E-state index in [0.717, 1.165) is 126 Å². The molecule has 1 aromatic heterocycles. The Balaban J connectivity index is 0.713. The zero-order chi connectivity index (χ0) is 42.3. The van der Waals surface area contributed by atoms with Gasteiger partial charge in [-0.25, -0.2) is 0 Å². The molecule has 6 heterocycles. The van der Waals surface area contributed by atoms with Gasteiger partial charge in [0.25, 0.3) is 17.7 Å². The molecule has 1 atom stereocenters. The average molecular weight is 829 g/mol. The molecule has 0 saturated carbocycles. The molecular formula is C47H56N8O6. The molecule has 6 amide bonds. The van der Waals surface area contributed by atoms with Crippen LogP contribution in [0.3, 0.4) is 0 Å². The number of anilines is 1. The van der Waals surface area contributed by atoms with E-state index < -0.39 is 23.8 Å². The lowest BCUT2D eigenvalue weighted by Gasteiger charge is -2.40. The molecule has 5 aliphatic heterocycles. The highest BCUT2D eigenvalue weighted by Crippen LogP contribution is 2.32. The van der Waals surface area contributed by atoms with Crippen molar-refractivity contribution in [2.24, 2.45) is 5.92 Å². The molecule has 4 saturated heterocycles. The zero-order valence-corrected chi connectivity index (χ0v) is 34.8. The van der Waals surface area contributed by atoms with E-state index in [1.165, 1.54) is 5.56 Å². The Hall–Kier alpha value is -5.73. The van der Waals surface area contributed by atoms with Crippen molar-refractivity contribution in [3.63, 3.8) is 0 Å². The number of rotatable bonds is 13. The second-order valence-corrected chi connectivity index (χ2v) is 17.1. The molecule has 0 aliphatic carbocycles. The molecule has 0 bridgehead atoms. The van der Waals surface area contributed by atoms with Crippen molar-refractivity contribution in [2.75, 3.05) is 70.5 Å². The van der Waals surface area contributed by atoms with Gasteiger partial charge in [0.1, 0.15) is 6.04 Å². The van der Waals surface area contributed by atoms with Gasteiger partial charge in [-0.3, -0.25) is 53.8 Å². The molecule has 5 aliphatic rings. The Morgan fingerprint density at radius 1 is 0.787 bits per heavy atom. The maximum Gasteiger partial charge on any atom is 0.262 e. The maximum absolute atomic E-state index is 13.4. The van der Waals surface area contributed by atoms with E-state index in [-0.39, 0.29) is 30.6 Å². The van der Waals surface area contributed by atoms with Crippen molar-refractivity contribution in [1.29, 1.82) is 0 Å². The van der Waals surface area contributed by atoms with Crippen LogP contribution in [0.5, 0.6) is 0 Å². The van der Waals surface area contributed by atoms with Crippen LogP contribution in [0.25, 0.3) is 6.08 Å². The highest BCUT2D eigenvalue weighted by Gasteiger charge is 2.45. The van der Waals surface area contributed by atoms with E-state index in [1.54, 1.807) is 36.7 Å². The van der Waals surface area contributed by atoms with E-state index in [9.17, 15) is 28.8 Å². The third-order valence-corrected chi connectivity index (χ3v) is 13.1. The van der Waals surface area contributed by atoms with Crippen LogP contribution in [0.1, 0.15) is 106 Å². The van der Waals surface area contributed by atoms with Crippen LogP contribution in [0, 0.1) is 5.92 Å². The summed E-state index contributed by atoms with van der Waals surface area (Å²) in [7, 11) is 0. The fourth-order valence-electron chi connectivity index (χ4n) is 9.47. The topological polar surface area (TPSA) is 156 Å². The summed E-state index contributed by atoms with van der Waals surface area (Å²) >= 11 is 0. The summed E-state index contributed by atoms with van der Waals surface area (Å²) in [5, 5.41) is 5.21. The fourth-order valence-corrected chi connectivity index (χ4v) is 9.47. The third kappa shape index (κ3) is 10.1. The van der Waals surface area contributed by atoms with Gasteiger partial charge < -0.3 is 15.1 Å². The monoisotopic (exact) mass is 828 g/mol. The predicted octanol–water partition coefficient (Wildman–Crippen LogP) is 4.29. The van der Waals surface area contributed by atoms with Crippen molar-refractivity contribution in [3.8, 4) is 0 Å². The van der Waals surface area contributed by atoms with Crippen molar-refractivity contribution in [1.82, 2.24) is 35.2 Å². The van der Waals surface area contributed by atoms with Crippen LogP contribution in [0.2, 0.25) is 0 Å². The molecule has 1 unspecified atom stereocenters. The zero-order valence-electron chi connectivity index (χ0n) is 34.8. The highest BCUT2D eigenvalue weighted by atomic mass is 16.2. The van der Waals surface area contributed by atoms with Gasteiger partial charge in [0.15, 0.2) is 0 Å². The molecule has 3 aromatic rings. The lowest BCUT2D eigenvalue weighted by Crippen LogP contribution is -2.54. The number of piperidine rings is 3. The van der Waals surface area contributed by atoms with Crippen LogP contribution >= 0.6 is 0 Å². The van der Waals surface area contributed by atoms with Crippen LogP contribution in [0.4, 0.5) is 5.69 Å². The number of amides is 6. The minimum Gasteiger partial charge on any atom is -0.369 e. The standard InChI is InChI=1S/C47H56N8O6/c56-42(14-6-34-5-3-20-48-31-34)49-21-2-1-4-33-16-24-54(25-17-33)45(59)37-9-7-35(8-10-37)36-18-22-51(23-19-36)32-52-26-28-53(29-27-52)38-11-12-39-40(30-38)47(61)55(46(39)60)41-13-15-43(57)50-44(41)58/h3,5-12,14,20,30-31,33,36,41H,1-2,4,13,15-19,21-29,32H2,(H,49,56)(H,50,57,58)/b14-6+. The molecule has 2 aromatic carbocycles. The lowest BCUT2D eigenvalue weighted by molar-refractivity contribution is -0.136. The molecule has 14 heteroatoms. The Morgan fingerprint density at radius 2 is 1.52 bits per heavy atom. The number of fused-ring (bicyclic) bond motifs is 1. The van der Waals surface area contributed by atoms with Crippen molar-refractivity contribution in [3.05, 3.63) is 101 Å². The quantitative estimate of drug-likeness (QED) is 0.145. The number of hydrogen-bond acceptors (Lipinski definition) is 10. The van der Waals surface area contributed by atoms with E-state index in [1.807, 2.05) is 35.2 Å². The summed E-state index contributed by atoms with van der Waals surface area (Å²) in [6.45, 7) is 8.55. The van der Waals surface area contributed by atoms with Gasteiger partial charge in [-0.2, -0.15) is 0 Å². The van der Waals surface area contributed by atoms with Crippen molar-refractivity contribution < 1.29 is 28.8 Å². The molecule has 0 radical (unpaired) electrons. The highest BCUT2D eigenvalue weighted by molar-refractivity contribution is 6.23. The molecule has 61 heavy (non-hydrogen) atoms. The molecule has 320 valence electrons. The normalized spacial score (nSPS) is 21.0. The van der Waals surface area contributed by atoms with Crippen molar-refractivity contribution >= 4 is 47.2 Å². The van der Waals surface area contributed by atoms with Gasteiger partial charge in [-0.05, 0) is 117 Å². The summed E-state index contributed by atoms with van der Waals surface area (Å²) in [5.74, 6) is -0.833. The first-order valence-corrected chi connectivity index (χ1v) is 22.0.